The van der Waals surface area contributed by atoms with Gasteiger partial charge in [-0.15, -0.1) is 0 Å². The first-order valence-electron chi connectivity index (χ1n) is 5.38. The van der Waals surface area contributed by atoms with E-state index in [1.165, 1.54) is 0 Å². The van der Waals surface area contributed by atoms with Crippen LogP contribution >= 0.6 is 0 Å². The molecular weight excluding hydrogens is 188 g/mol. The summed E-state index contributed by atoms with van der Waals surface area (Å²) in [6, 6.07) is 3.79. The lowest BCUT2D eigenvalue weighted by molar-refractivity contribution is 0.137. The molecule has 3 nitrogen and oxygen atoms in total. The van der Waals surface area contributed by atoms with E-state index in [-0.39, 0.29) is 6.10 Å². The fraction of sp³-hybridized carbons (Fsp3) is 0.583. The molecule has 1 aromatic heterocycles. The number of nitrogens with two attached hydrogens (primary N) is 1. The minimum absolute atomic E-state index is 0.286. The third-order valence-electron chi connectivity index (χ3n) is 3.41. The smallest absolute Gasteiger partial charge is 0.126 e. The van der Waals surface area contributed by atoms with Gasteiger partial charge >= 0.3 is 0 Å². The Morgan fingerprint density at radius 3 is 2.87 bits per heavy atom. The zero-order chi connectivity index (χ0) is 11.1. The number of pyridine rings is 1. The van der Waals surface area contributed by atoms with Crippen molar-refractivity contribution in [2.24, 2.45) is 11.3 Å². The number of nitrogens with zero attached hydrogens (tertiary/aromatic N) is 1. The molecule has 1 saturated carbocycles. The van der Waals surface area contributed by atoms with E-state index in [4.69, 9.17) is 5.73 Å². The van der Waals surface area contributed by atoms with Crippen LogP contribution in [0.2, 0.25) is 0 Å². The third-order valence-corrected chi connectivity index (χ3v) is 3.41. The molecule has 0 radical (unpaired) electrons. The minimum atomic E-state index is -0.286. The molecule has 1 aliphatic rings. The average molecular weight is 206 g/mol. The maximum absolute atomic E-state index is 10.0. The molecule has 1 fully saturated rings. The highest BCUT2D eigenvalue weighted by atomic mass is 16.3. The maximum atomic E-state index is 10.0. The SMILES string of the molecule is CC1(C)CC1C(O)Cc1cccnc1N. The number of nitrogen functional groups attached to an aromatic ring is 1. The maximum Gasteiger partial charge on any atom is 0.126 e. The first-order valence-corrected chi connectivity index (χ1v) is 5.38. The van der Waals surface area contributed by atoms with E-state index in [0.29, 0.717) is 23.6 Å². The lowest BCUT2D eigenvalue weighted by Gasteiger charge is -2.13. The highest BCUT2D eigenvalue weighted by Gasteiger charge is 2.49. The number of hydrogen-bond acceptors (Lipinski definition) is 3. The monoisotopic (exact) mass is 206 g/mol. The van der Waals surface area contributed by atoms with Crippen molar-refractivity contribution in [3.05, 3.63) is 23.9 Å². The van der Waals surface area contributed by atoms with Crippen LogP contribution in [0.4, 0.5) is 5.82 Å². The standard InChI is InChI=1S/C12H18N2O/c1-12(2)7-9(12)10(15)6-8-4-3-5-14-11(8)13/h3-5,9-10,15H,6-7H2,1-2H3,(H2,13,14). The van der Waals surface area contributed by atoms with Gasteiger partial charge in [-0.3, -0.25) is 0 Å². The Kier molecular flexibility index (Phi) is 2.43. The molecule has 0 aromatic carbocycles. The van der Waals surface area contributed by atoms with Gasteiger partial charge in [-0.2, -0.15) is 0 Å². The predicted octanol–water partition coefficient (Wildman–Crippen LogP) is 1.61. The number of aliphatic hydroxyl groups excluding tert-OH is 1. The average Bonchev–Trinajstić information content (AvgIpc) is 2.79. The van der Waals surface area contributed by atoms with Gasteiger partial charge < -0.3 is 10.8 Å². The lowest BCUT2D eigenvalue weighted by atomic mass is 10.0. The van der Waals surface area contributed by atoms with Crippen molar-refractivity contribution in [3.63, 3.8) is 0 Å². The Morgan fingerprint density at radius 1 is 1.67 bits per heavy atom. The van der Waals surface area contributed by atoms with Crippen molar-refractivity contribution in [2.75, 3.05) is 5.73 Å². The van der Waals surface area contributed by atoms with Crippen LogP contribution in [-0.4, -0.2) is 16.2 Å². The molecule has 0 bridgehead atoms. The molecule has 0 aliphatic heterocycles. The number of aliphatic hydroxyl groups is 1. The molecule has 0 amide bonds. The molecule has 1 aliphatic carbocycles. The molecule has 82 valence electrons. The van der Waals surface area contributed by atoms with E-state index in [0.717, 1.165) is 12.0 Å². The molecule has 3 N–H and O–H groups in total. The largest absolute Gasteiger partial charge is 0.392 e. The quantitative estimate of drug-likeness (QED) is 0.790. The second-order valence-corrected chi connectivity index (χ2v) is 5.12. The summed E-state index contributed by atoms with van der Waals surface area (Å²) in [7, 11) is 0. The summed E-state index contributed by atoms with van der Waals surface area (Å²) >= 11 is 0. The number of anilines is 1. The number of aromatic nitrogens is 1. The fourth-order valence-corrected chi connectivity index (χ4v) is 2.16. The van der Waals surface area contributed by atoms with Gasteiger partial charge in [0.15, 0.2) is 0 Å². The van der Waals surface area contributed by atoms with Gasteiger partial charge in [0.25, 0.3) is 0 Å². The zero-order valence-electron chi connectivity index (χ0n) is 9.27. The third kappa shape index (κ3) is 2.12. The fourth-order valence-electron chi connectivity index (χ4n) is 2.16. The van der Waals surface area contributed by atoms with Crippen LogP contribution in [0.15, 0.2) is 18.3 Å². The summed E-state index contributed by atoms with van der Waals surface area (Å²) < 4.78 is 0. The van der Waals surface area contributed by atoms with Crippen molar-refractivity contribution in [2.45, 2.75) is 32.8 Å². The zero-order valence-corrected chi connectivity index (χ0v) is 9.27. The van der Waals surface area contributed by atoms with Gasteiger partial charge in [-0.1, -0.05) is 19.9 Å². The van der Waals surface area contributed by atoms with Crippen LogP contribution in [0.25, 0.3) is 0 Å². The molecular formula is C12H18N2O. The summed E-state index contributed by atoms with van der Waals surface area (Å²) in [4.78, 5) is 4.01. The van der Waals surface area contributed by atoms with Crippen LogP contribution in [-0.2, 0) is 6.42 Å². The van der Waals surface area contributed by atoms with Gasteiger partial charge in [0.1, 0.15) is 5.82 Å². The predicted molar refractivity (Wildman–Crippen MR) is 60.2 cm³/mol. The molecule has 3 heteroatoms. The summed E-state index contributed by atoms with van der Waals surface area (Å²) in [6.07, 6.45) is 3.11. The molecule has 2 rings (SSSR count). The number of rotatable bonds is 3. The Balaban J connectivity index is 2.01. The second-order valence-electron chi connectivity index (χ2n) is 5.12. The van der Waals surface area contributed by atoms with Crippen LogP contribution in [0.1, 0.15) is 25.8 Å². The van der Waals surface area contributed by atoms with E-state index < -0.39 is 0 Å². The van der Waals surface area contributed by atoms with E-state index in [2.05, 4.69) is 18.8 Å². The van der Waals surface area contributed by atoms with E-state index >= 15 is 0 Å². The van der Waals surface area contributed by atoms with Crippen molar-refractivity contribution in [1.29, 1.82) is 0 Å². The van der Waals surface area contributed by atoms with Crippen LogP contribution in [0.5, 0.6) is 0 Å². The van der Waals surface area contributed by atoms with Gasteiger partial charge in [0.05, 0.1) is 6.10 Å². The van der Waals surface area contributed by atoms with Crippen LogP contribution < -0.4 is 5.73 Å². The number of hydrogen-bond donors (Lipinski definition) is 2. The summed E-state index contributed by atoms with van der Waals surface area (Å²) in [6.45, 7) is 4.38. The normalized spacial score (nSPS) is 24.9. The van der Waals surface area contributed by atoms with Crippen LogP contribution in [0, 0.1) is 11.3 Å². The lowest BCUT2D eigenvalue weighted by Crippen LogP contribution is -2.17. The van der Waals surface area contributed by atoms with Gasteiger partial charge in [0.2, 0.25) is 0 Å². The molecule has 2 unspecified atom stereocenters. The van der Waals surface area contributed by atoms with E-state index in [1.807, 2.05) is 12.1 Å². The first kappa shape index (κ1) is 10.4. The van der Waals surface area contributed by atoms with Gasteiger partial charge in [-0.25, -0.2) is 4.98 Å². The Labute approximate surface area is 90.3 Å². The van der Waals surface area contributed by atoms with E-state index in [9.17, 15) is 5.11 Å². The summed E-state index contributed by atoms with van der Waals surface area (Å²) in [5.41, 5.74) is 6.99. The Hall–Kier alpha value is -1.09. The van der Waals surface area contributed by atoms with Crippen molar-refractivity contribution in [1.82, 2.24) is 4.98 Å². The highest BCUT2D eigenvalue weighted by Crippen LogP contribution is 2.54. The van der Waals surface area contributed by atoms with Crippen molar-refractivity contribution < 1.29 is 5.11 Å². The highest BCUT2D eigenvalue weighted by molar-refractivity contribution is 5.39. The Morgan fingerprint density at radius 2 is 2.33 bits per heavy atom. The molecule has 15 heavy (non-hydrogen) atoms. The van der Waals surface area contributed by atoms with Crippen LogP contribution in [0.3, 0.4) is 0 Å². The second kappa shape index (κ2) is 3.49. The molecule has 1 aromatic rings. The first-order chi connectivity index (χ1) is 7.00. The molecule has 2 atom stereocenters. The molecule has 0 saturated heterocycles. The van der Waals surface area contributed by atoms with Crippen molar-refractivity contribution in [3.8, 4) is 0 Å². The Bertz CT molecular complexity index is 362. The molecule has 1 heterocycles. The van der Waals surface area contributed by atoms with Gasteiger partial charge in [0, 0.05) is 12.6 Å². The van der Waals surface area contributed by atoms with Gasteiger partial charge in [-0.05, 0) is 29.4 Å². The topological polar surface area (TPSA) is 59.1 Å². The van der Waals surface area contributed by atoms with E-state index in [1.54, 1.807) is 6.20 Å². The minimum Gasteiger partial charge on any atom is -0.392 e. The summed E-state index contributed by atoms with van der Waals surface area (Å²) in [5, 5.41) is 10.0. The van der Waals surface area contributed by atoms with Crippen molar-refractivity contribution >= 4 is 5.82 Å². The molecule has 0 spiro atoms. The summed E-state index contributed by atoms with van der Waals surface area (Å²) in [5.74, 6) is 0.951.